The number of aliphatic hydroxyl groups is 1. The van der Waals surface area contributed by atoms with Gasteiger partial charge < -0.3 is 5.11 Å². The Labute approximate surface area is 119 Å². The van der Waals surface area contributed by atoms with Crippen LogP contribution in [0.15, 0.2) is 23.8 Å². The molecule has 0 bridgehead atoms. The number of rotatable bonds is 0. The molecule has 0 radical (unpaired) electrons. The molecule has 0 saturated heterocycles. The molecule has 1 aliphatic carbocycles. The quantitative estimate of drug-likeness (QED) is 0.655. The molecule has 0 aromatic heterocycles. The molecule has 1 nitrogen and oxygen atoms in total. The maximum atomic E-state index is 11.2. The summed E-state index contributed by atoms with van der Waals surface area (Å²) in [7, 11) is 0. The normalized spacial score (nSPS) is 24.3. The first kappa shape index (κ1) is 16.5. The van der Waals surface area contributed by atoms with E-state index in [2.05, 4.69) is 80.5 Å². The molecule has 0 spiro atoms. The second kappa shape index (κ2) is 4.48. The van der Waals surface area contributed by atoms with Gasteiger partial charge in [-0.15, -0.1) is 0 Å². The SMILES string of the molecule is CC(C)(C)C1=CC=CC(C(C)(C)C)(C(C)(C)C)C1O. The fourth-order valence-electron chi connectivity index (χ4n) is 3.84. The van der Waals surface area contributed by atoms with E-state index in [1.807, 2.05) is 0 Å². The van der Waals surface area contributed by atoms with Crippen molar-refractivity contribution in [1.82, 2.24) is 0 Å². The second-order valence-electron chi connectivity index (χ2n) is 9.00. The van der Waals surface area contributed by atoms with E-state index in [1.165, 1.54) is 0 Å². The lowest BCUT2D eigenvalue weighted by atomic mass is 9.48. The molecule has 0 heterocycles. The van der Waals surface area contributed by atoms with Gasteiger partial charge in [-0.3, -0.25) is 0 Å². The van der Waals surface area contributed by atoms with Crippen LogP contribution in [0.3, 0.4) is 0 Å². The van der Waals surface area contributed by atoms with Crippen molar-refractivity contribution in [3.63, 3.8) is 0 Å². The van der Waals surface area contributed by atoms with Crippen LogP contribution in [0.1, 0.15) is 62.3 Å². The topological polar surface area (TPSA) is 20.2 Å². The molecule has 0 aromatic carbocycles. The Hall–Kier alpha value is -0.560. The molecule has 0 fully saturated rings. The van der Waals surface area contributed by atoms with E-state index in [0.29, 0.717) is 0 Å². The minimum Gasteiger partial charge on any atom is -0.388 e. The highest BCUT2D eigenvalue weighted by Crippen LogP contribution is 2.58. The molecule has 0 saturated carbocycles. The molecule has 19 heavy (non-hydrogen) atoms. The fraction of sp³-hybridized carbons (Fsp3) is 0.778. The summed E-state index contributed by atoms with van der Waals surface area (Å²) in [4.78, 5) is 0. The average Bonchev–Trinajstić information content (AvgIpc) is 2.11. The summed E-state index contributed by atoms with van der Waals surface area (Å²) in [5.41, 5.74) is 0.862. The molecule has 1 heteroatoms. The maximum absolute atomic E-state index is 11.2. The van der Waals surface area contributed by atoms with Crippen LogP contribution in [0, 0.1) is 21.7 Å². The molecular weight excluding hydrogens is 232 g/mol. The van der Waals surface area contributed by atoms with Crippen molar-refractivity contribution < 1.29 is 5.11 Å². The number of allylic oxidation sites excluding steroid dienone is 2. The lowest BCUT2D eigenvalue weighted by Gasteiger charge is -2.57. The molecular formula is C18H32O. The lowest BCUT2D eigenvalue weighted by molar-refractivity contribution is -0.0815. The molecule has 1 aliphatic rings. The molecule has 1 N–H and O–H groups in total. The van der Waals surface area contributed by atoms with Crippen molar-refractivity contribution in [1.29, 1.82) is 0 Å². The van der Waals surface area contributed by atoms with Crippen LogP contribution in [-0.2, 0) is 0 Å². The van der Waals surface area contributed by atoms with Gasteiger partial charge in [-0.1, -0.05) is 80.5 Å². The van der Waals surface area contributed by atoms with Gasteiger partial charge >= 0.3 is 0 Å². The third kappa shape index (κ3) is 2.54. The predicted octanol–water partition coefficient (Wildman–Crippen LogP) is 4.97. The molecule has 1 atom stereocenters. The first-order chi connectivity index (χ1) is 8.25. The Balaban J connectivity index is 3.48. The Morgan fingerprint density at radius 2 is 1.32 bits per heavy atom. The minimum absolute atomic E-state index is 0.00801. The van der Waals surface area contributed by atoms with Crippen molar-refractivity contribution in [2.45, 2.75) is 68.4 Å². The van der Waals surface area contributed by atoms with Gasteiger partial charge in [-0.05, 0) is 21.8 Å². The zero-order valence-electron chi connectivity index (χ0n) is 14.3. The third-order valence-electron chi connectivity index (χ3n) is 4.71. The number of aliphatic hydroxyl groups excluding tert-OH is 1. The lowest BCUT2D eigenvalue weighted by Crippen LogP contribution is -2.55. The van der Waals surface area contributed by atoms with Gasteiger partial charge in [0.1, 0.15) is 0 Å². The Bertz CT molecular complexity index is 377. The van der Waals surface area contributed by atoms with Crippen LogP contribution in [0.5, 0.6) is 0 Å². The molecule has 0 amide bonds. The van der Waals surface area contributed by atoms with E-state index >= 15 is 0 Å². The molecule has 0 aromatic rings. The minimum atomic E-state index is -0.433. The summed E-state index contributed by atoms with van der Waals surface area (Å²) in [6, 6.07) is 0. The van der Waals surface area contributed by atoms with E-state index in [1.54, 1.807) is 0 Å². The Morgan fingerprint density at radius 3 is 1.63 bits per heavy atom. The van der Waals surface area contributed by atoms with Gasteiger partial charge in [0.2, 0.25) is 0 Å². The van der Waals surface area contributed by atoms with Gasteiger partial charge in [-0.2, -0.15) is 0 Å². The van der Waals surface area contributed by atoms with Gasteiger partial charge in [0.25, 0.3) is 0 Å². The van der Waals surface area contributed by atoms with Crippen LogP contribution in [0.4, 0.5) is 0 Å². The van der Waals surface area contributed by atoms with Gasteiger partial charge in [0, 0.05) is 5.41 Å². The second-order valence-corrected chi connectivity index (χ2v) is 9.00. The summed E-state index contributed by atoms with van der Waals surface area (Å²) in [6.45, 7) is 19.9. The highest BCUT2D eigenvalue weighted by molar-refractivity contribution is 5.35. The van der Waals surface area contributed by atoms with Crippen LogP contribution in [-0.4, -0.2) is 11.2 Å². The fourth-order valence-corrected chi connectivity index (χ4v) is 3.84. The summed E-state index contributed by atoms with van der Waals surface area (Å²) in [5, 5.41) is 11.2. The van der Waals surface area contributed by atoms with E-state index in [-0.39, 0.29) is 21.7 Å². The summed E-state index contributed by atoms with van der Waals surface area (Å²) >= 11 is 0. The maximum Gasteiger partial charge on any atom is 0.0859 e. The average molecular weight is 264 g/mol. The summed E-state index contributed by atoms with van der Waals surface area (Å²) < 4.78 is 0. The monoisotopic (exact) mass is 264 g/mol. The predicted molar refractivity (Wildman–Crippen MR) is 84.0 cm³/mol. The van der Waals surface area contributed by atoms with Crippen molar-refractivity contribution in [2.24, 2.45) is 21.7 Å². The Morgan fingerprint density at radius 1 is 0.895 bits per heavy atom. The highest BCUT2D eigenvalue weighted by atomic mass is 16.3. The summed E-state index contributed by atoms with van der Waals surface area (Å²) in [6.07, 6.45) is 6.04. The molecule has 0 aliphatic heterocycles. The van der Waals surface area contributed by atoms with Crippen LogP contribution < -0.4 is 0 Å². The first-order valence-corrected chi connectivity index (χ1v) is 7.33. The van der Waals surface area contributed by atoms with Gasteiger partial charge in [-0.25, -0.2) is 0 Å². The van der Waals surface area contributed by atoms with Gasteiger partial charge in [0.15, 0.2) is 0 Å². The van der Waals surface area contributed by atoms with Crippen molar-refractivity contribution in [3.8, 4) is 0 Å². The smallest absolute Gasteiger partial charge is 0.0859 e. The van der Waals surface area contributed by atoms with Gasteiger partial charge in [0.05, 0.1) is 6.10 Å². The Kier molecular flexibility index (Phi) is 3.89. The first-order valence-electron chi connectivity index (χ1n) is 7.33. The van der Waals surface area contributed by atoms with E-state index in [4.69, 9.17) is 0 Å². The summed E-state index contributed by atoms with van der Waals surface area (Å²) in [5.74, 6) is 0. The van der Waals surface area contributed by atoms with Crippen LogP contribution >= 0.6 is 0 Å². The van der Waals surface area contributed by atoms with Crippen molar-refractivity contribution >= 4 is 0 Å². The van der Waals surface area contributed by atoms with Crippen LogP contribution in [0.2, 0.25) is 0 Å². The van der Waals surface area contributed by atoms with Crippen LogP contribution in [0.25, 0.3) is 0 Å². The zero-order chi connectivity index (χ0) is 15.3. The highest BCUT2D eigenvalue weighted by Gasteiger charge is 2.56. The van der Waals surface area contributed by atoms with Crippen molar-refractivity contribution in [3.05, 3.63) is 23.8 Å². The zero-order valence-corrected chi connectivity index (χ0v) is 14.3. The molecule has 1 unspecified atom stereocenters. The van der Waals surface area contributed by atoms with Crippen molar-refractivity contribution in [2.75, 3.05) is 0 Å². The third-order valence-corrected chi connectivity index (χ3v) is 4.71. The molecule has 110 valence electrons. The largest absolute Gasteiger partial charge is 0.388 e. The number of hydrogen-bond acceptors (Lipinski definition) is 1. The standard InChI is InChI=1S/C18H32O/c1-15(2,3)13-11-10-12-18(14(13)19,16(4,5)6)17(7,8)9/h10-12,14,19H,1-9H3. The number of hydrogen-bond donors (Lipinski definition) is 1. The van der Waals surface area contributed by atoms with E-state index in [9.17, 15) is 5.11 Å². The van der Waals surface area contributed by atoms with E-state index < -0.39 is 6.10 Å². The van der Waals surface area contributed by atoms with E-state index in [0.717, 1.165) is 5.57 Å². The molecule has 1 rings (SSSR count).